The number of likely N-dealkylation sites (N-methyl/N-ethyl adjacent to an activating group) is 1. The van der Waals surface area contributed by atoms with E-state index in [9.17, 15) is 4.79 Å². The maximum atomic E-state index is 13.5. The molecule has 2 heterocycles. The standard InChI is InChI=1S/C20H32N4O/c1-16(21)18-9-6-10-24(15-18)20(25)19(17-7-4-3-5-8-17)23-13-11-22(2)12-14-23/h3-5,7-8,16,18-19H,6,9-15,21H2,1-2H3. The molecule has 5 heteroatoms. The minimum atomic E-state index is -0.165. The van der Waals surface area contributed by atoms with Crippen molar-refractivity contribution in [2.45, 2.75) is 31.8 Å². The van der Waals surface area contributed by atoms with Crippen molar-refractivity contribution in [3.05, 3.63) is 35.9 Å². The molecule has 3 unspecified atom stereocenters. The Bertz CT molecular complexity index is 554. The molecular weight excluding hydrogens is 312 g/mol. The highest BCUT2D eigenvalue weighted by molar-refractivity contribution is 5.83. The van der Waals surface area contributed by atoms with E-state index >= 15 is 0 Å². The summed E-state index contributed by atoms with van der Waals surface area (Å²) in [5.41, 5.74) is 7.23. The maximum Gasteiger partial charge on any atom is 0.244 e. The summed E-state index contributed by atoms with van der Waals surface area (Å²) in [4.78, 5) is 20.2. The lowest BCUT2D eigenvalue weighted by Crippen LogP contribution is -2.53. The van der Waals surface area contributed by atoms with E-state index in [2.05, 4.69) is 40.8 Å². The van der Waals surface area contributed by atoms with Crippen molar-refractivity contribution < 1.29 is 4.79 Å². The number of rotatable bonds is 4. The molecule has 0 saturated carbocycles. The Balaban J connectivity index is 1.80. The molecule has 1 aromatic carbocycles. The molecule has 2 aliphatic rings. The van der Waals surface area contributed by atoms with Crippen LogP contribution >= 0.6 is 0 Å². The fourth-order valence-corrected chi connectivity index (χ4v) is 4.04. The molecule has 2 saturated heterocycles. The van der Waals surface area contributed by atoms with Gasteiger partial charge in [-0.15, -0.1) is 0 Å². The highest BCUT2D eigenvalue weighted by atomic mass is 16.2. The highest BCUT2D eigenvalue weighted by Crippen LogP contribution is 2.27. The van der Waals surface area contributed by atoms with Crippen LogP contribution in [-0.4, -0.2) is 73.0 Å². The molecule has 5 nitrogen and oxygen atoms in total. The van der Waals surface area contributed by atoms with Crippen molar-refractivity contribution in [2.75, 3.05) is 46.3 Å². The maximum absolute atomic E-state index is 13.5. The molecule has 25 heavy (non-hydrogen) atoms. The number of carbonyl (C=O) groups excluding carboxylic acids is 1. The molecule has 2 N–H and O–H groups in total. The lowest BCUT2D eigenvalue weighted by atomic mass is 9.91. The predicted molar refractivity (Wildman–Crippen MR) is 101 cm³/mol. The topological polar surface area (TPSA) is 52.8 Å². The minimum Gasteiger partial charge on any atom is -0.341 e. The van der Waals surface area contributed by atoms with Crippen LogP contribution in [0.5, 0.6) is 0 Å². The quantitative estimate of drug-likeness (QED) is 0.901. The molecule has 1 aromatic rings. The van der Waals surface area contributed by atoms with Crippen LogP contribution in [0.4, 0.5) is 0 Å². The largest absolute Gasteiger partial charge is 0.341 e. The van der Waals surface area contributed by atoms with Crippen LogP contribution in [0.2, 0.25) is 0 Å². The Morgan fingerprint density at radius 3 is 2.44 bits per heavy atom. The van der Waals surface area contributed by atoms with E-state index in [4.69, 9.17) is 5.73 Å². The summed E-state index contributed by atoms with van der Waals surface area (Å²) in [6, 6.07) is 10.2. The normalized spacial score (nSPS) is 25.6. The van der Waals surface area contributed by atoms with E-state index in [-0.39, 0.29) is 18.0 Å². The molecule has 2 fully saturated rings. The summed E-state index contributed by atoms with van der Waals surface area (Å²) >= 11 is 0. The zero-order valence-corrected chi connectivity index (χ0v) is 15.6. The van der Waals surface area contributed by atoms with Gasteiger partial charge < -0.3 is 15.5 Å². The van der Waals surface area contributed by atoms with E-state index in [0.29, 0.717) is 5.92 Å². The Hall–Kier alpha value is -1.43. The first kappa shape index (κ1) is 18.4. The van der Waals surface area contributed by atoms with E-state index in [1.165, 1.54) is 0 Å². The van der Waals surface area contributed by atoms with Crippen molar-refractivity contribution in [2.24, 2.45) is 11.7 Å². The van der Waals surface area contributed by atoms with Crippen molar-refractivity contribution in [3.8, 4) is 0 Å². The number of carbonyl (C=O) groups is 1. The van der Waals surface area contributed by atoms with Crippen LogP contribution in [-0.2, 0) is 4.79 Å². The summed E-state index contributed by atoms with van der Waals surface area (Å²) in [7, 11) is 2.15. The lowest BCUT2D eigenvalue weighted by Gasteiger charge is -2.41. The third kappa shape index (κ3) is 4.40. The van der Waals surface area contributed by atoms with Crippen molar-refractivity contribution in [1.29, 1.82) is 0 Å². The first-order valence-electron chi connectivity index (χ1n) is 9.58. The van der Waals surface area contributed by atoms with Crippen molar-refractivity contribution >= 4 is 5.91 Å². The second-order valence-electron chi connectivity index (χ2n) is 7.70. The Labute approximate surface area is 151 Å². The van der Waals surface area contributed by atoms with Gasteiger partial charge in [-0.1, -0.05) is 30.3 Å². The van der Waals surface area contributed by atoms with Gasteiger partial charge >= 0.3 is 0 Å². The van der Waals surface area contributed by atoms with Gasteiger partial charge in [-0.05, 0) is 38.3 Å². The van der Waals surface area contributed by atoms with Crippen LogP contribution in [0.25, 0.3) is 0 Å². The van der Waals surface area contributed by atoms with Gasteiger partial charge in [0.25, 0.3) is 0 Å². The van der Waals surface area contributed by atoms with E-state index in [1.54, 1.807) is 0 Å². The SMILES string of the molecule is CC(N)C1CCCN(C(=O)C(c2ccccc2)N2CCN(C)CC2)C1. The van der Waals surface area contributed by atoms with E-state index in [0.717, 1.165) is 57.7 Å². The van der Waals surface area contributed by atoms with Gasteiger partial charge in [0.2, 0.25) is 5.91 Å². The Morgan fingerprint density at radius 1 is 1.12 bits per heavy atom. The van der Waals surface area contributed by atoms with Crippen molar-refractivity contribution in [1.82, 2.24) is 14.7 Å². The molecular formula is C20H32N4O. The number of nitrogens with zero attached hydrogens (tertiary/aromatic N) is 3. The van der Waals surface area contributed by atoms with Crippen LogP contribution in [0.3, 0.4) is 0 Å². The monoisotopic (exact) mass is 344 g/mol. The fraction of sp³-hybridized carbons (Fsp3) is 0.650. The predicted octanol–water partition coefficient (Wildman–Crippen LogP) is 1.56. The first-order chi connectivity index (χ1) is 12.1. The van der Waals surface area contributed by atoms with Crippen LogP contribution in [0, 0.1) is 5.92 Å². The zero-order valence-electron chi connectivity index (χ0n) is 15.6. The van der Waals surface area contributed by atoms with Crippen LogP contribution in [0.1, 0.15) is 31.4 Å². The van der Waals surface area contributed by atoms with Gasteiger partial charge in [0.05, 0.1) is 0 Å². The first-order valence-corrected chi connectivity index (χ1v) is 9.58. The summed E-state index contributed by atoms with van der Waals surface area (Å²) in [5, 5.41) is 0. The second-order valence-corrected chi connectivity index (χ2v) is 7.70. The van der Waals surface area contributed by atoms with Crippen molar-refractivity contribution in [3.63, 3.8) is 0 Å². The number of hydrogen-bond donors (Lipinski definition) is 1. The number of piperazine rings is 1. The summed E-state index contributed by atoms with van der Waals surface area (Å²) in [6.45, 7) is 7.62. The number of hydrogen-bond acceptors (Lipinski definition) is 4. The third-order valence-corrected chi connectivity index (χ3v) is 5.77. The molecule has 0 bridgehead atoms. The Kier molecular flexibility index (Phi) is 6.10. The molecule has 0 aromatic heterocycles. The highest BCUT2D eigenvalue weighted by Gasteiger charge is 2.35. The molecule has 2 aliphatic heterocycles. The molecule has 0 spiro atoms. The van der Waals surface area contributed by atoms with E-state index < -0.39 is 0 Å². The number of likely N-dealkylation sites (tertiary alicyclic amines) is 1. The molecule has 138 valence electrons. The molecule has 3 atom stereocenters. The molecule has 1 amide bonds. The van der Waals surface area contributed by atoms with Crippen LogP contribution in [0.15, 0.2) is 30.3 Å². The van der Waals surface area contributed by atoms with Gasteiger partial charge in [-0.3, -0.25) is 9.69 Å². The van der Waals surface area contributed by atoms with Gasteiger partial charge in [-0.25, -0.2) is 0 Å². The summed E-state index contributed by atoms with van der Waals surface area (Å²) in [6.07, 6.45) is 2.19. The number of amides is 1. The fourth-order valence-electron chi connectivity index (χ4n) is 4.04. The number of benzene rings is 1. The lowest BCUT2D eigenvalue weighted by molar-refractivity contribution is -0.140. The molecule has 3 rings (SSSR count). The van der Waals surface area contributed by atoms with E-state index in [1.807, 2.05) is 18.2 Å². The van der Waals surface area contributed by atoms with Crippen LogP contribution < -0.4 is 5.73 Å². The smallest absolute Gasteiger partial charge is 0.244 e. The van der Waals surface area contributed by atoms with Gasteiger partial charge in [0.1, 0.15) is 6.04 Å². The summed E-state index contributed by atoms with van der Waals surface area (Å²) < 4.78 is 0. The molecule has 0 radical (unpaired) electrons. The van der Waals surface area contributed by atoms with Gasteiger partial charge in [0, 0.05) is 45.3 Å². The molecule has 0 aliphatic carbocycles. The Morgan fingerprint density at radius 2 is 1.80 bits per heavy atom. The third-order valence-electron chi connectivity index (χ3n) is 5.77. The average molecular weight is 345 g/mol. The zero-order chi connectivity index (χ0) is 17.8. The number of nitrogens with two attached hydrogens (primary N) is 1. The number of piperidine rings is 1. The second kappa shape index (κ2) is 8.30. The average Bonchev–Trinajstić information content (AvgIpc) is 2.64. The van der Waals surface area contributed by atoms with Gasteiger partial charge in [0.15, 0.2) is 0 Å². The minimum absolute atomic E-state index is 0.148. The van der Waals surface area contributed by atoms with Gasteiger partial charge in [-0.2, -0.15) is 0 Å². The summed E-state index contributed by atoms with van der Waals surface area (Å²) in [5.74, 6) is 0.669.